The van der Waals surface area contributed by atoms with Gasteiger partial charge in [0, 0.05) is 23.4 Å². The zero-order chi connectivity index (χ0) is 22.5. The van der Waals surface area contributed by atoms with E-state index in [1.54, 1.807) is 48.2 Å². The standard InChI is InChI=1S/C22H20FN3O3.C2H6/c1-2-29-22(28)18-11-14-9-10-26(21(27)13-3-6-16(24)7-4-13)19-12-15(23)5-8-17(19)20(14)25-18;1-2/h3-8,11-12,25H,2,9-10,24H2,1H3;1-2H3. The van der Waals surface area contributed by atoms with Crippen LogP contribution in [0.5, 0.6) is 0 Å². The van der Waals surface area contributed by atoms with Crippen LogP contribution in [0.3, 0.4) is 0 Å². The average Bonchev–Trinajstić information content (AvgIpc) is 3.14. The van der Waals surface area contributed by atoms with Gasteiger partial charge >= 0.3 is 5.97 Å². The third kappa shape index (κ3) is 4.45. The molecule has 1 aliphatic rings. The molecule has 0 bridgehead atoms. The highest BCUT2D eigenvalue weighted by Crippen LogP contribution is 2.37. The van der Waals surface area contributed by atoms with Crippen molar-refractivity contribution in [3.8, 4) is 11.3 Å². The van der Waals surface area contributed by atoms with Crippen LogP contribution in [-0.4, -0.2) is 30.0 Å². The number of anilines is 2. The number of nitrogens with one attached hydrogen (secondary N) is 1. The molecular weight excluding hydrogens is 397 g/mol. The average molecular weight is 423 g/mol. The van der Waals surface area contributed by atoms with E-state index in [1.807, 2.05) is 13.8 Å². The zero-order valence-corrected chi connectivity index (χ0v) is 17.9. The van der Waals surface area contributed by atoms with E-state index >= 15 is 0 Å². The van der Waals surface area contributed by atoms with E-state index in [0.717, 1.165) is 5.56 Å². The SMILES string of the molecule is CC.CCOC(=O)c1cc2c([nH]1)-c1ccc(F)cc1N(C(=O)c1ccc(N)cc1)CC2. The summed E-state index contributed by atoms with van der Waals surface area (Å²) in [6.45, 7) is 6.35. The van der Waals surface area contributed by atoms with Crippen molar-refractivity contribution in [1.29, 1.82) is 0 Å². The van der Waals surface area contributed by atoms with Crippen LogP contribution in [0.15, 0.2) is 48.5 Å². The number of hydrogen-bond acceptors (Lipinski definition) is 4. The summed E-state index contributed by atoms with van der Waals surface area (Å²) in [7, 11) is 0. The minimum atomic E-state index is -0.445. The van der Waals surface area contributed by atoms with Crippen molar-refractivity contribution in [1.82, 2.24) is 4.98 Å². The molecule has 0 saturated carbocycles. The maximum absolute atomic E-state index is 14.1. The van der Waals surface area contributed by atoms with Gasteiger partial charge in [-0.2, -0.15) is 0 Å². The van der Waals surface area contributed by atoms with E-state index in [0.29, 0.717) is 46.9 Å². The highest BCUT2D eigenvalue weighted by molar-refractivity contribution is 6.08. The van der Waals surface area contributed by atoms with Gasteiger partial charge in [0.1, 0.15) is 11.5 Å². The molecule has 1 amide bonds. The van der Waals surface area contributed by atoms with E-state index in [4.69, 9.17) is 10.5 Å². The van der Waals surface area contributed by atoms with Crippen molar-refractivity contribution in [3.63, 3.8) is 0 Å². The third-order valence-electron chi connectivity index (χ3n) is 4.92. The summed E-state index contributed by atoms with van der Waals surface area (Å²) in [4.78, 5) is 29.9. The molecule has 1 aromatic heterocycles. The predicted octanol–water partition coefficient (Wildman–Crippen LogP) is 4.81. The predicted molar refractivity (Wildman–Crippen MR) is 120 cm³/mol. The lowest BCUT2D eigenvalue weighted by molar-refractivity contribution is 0.0520. The zero-order valence-electron chi connectivity index (χ0n) is 17.9. The first-order valence-corrected chi connectivity index (χ1v) is 10.3. The second-order valence-corrected chi connectivity index (χ2v) is 6.79. The Bertz CT molecular complexity index is 1090. The van der Waals surface area contributed by atoms with E-state index < -0.39 is 11.8 Å². The Kier molecular flexibility index (Phi) is 6.74. The number of esters is 1. The number of fused-ring (bicyclic) bond motifs is 3. The molecule has 0 saturated heterocycles. The van der Waals surface area contributed by atoms with Crippen LogP contribution in [0.2, 0.25) is 0 Å². The Balaban J connectivity index is 0.00000132. The summed E-state index contributed by atoms with van der Waals surface area (Å²) in [6.07, 6.45) is 0.502. The van der Waals surface area contributed by atoms with Gasteiger partial charge in [-0.1, -0.05) is 13.8 Å². The number of aromatic nitrogens is 1. The van der Waals surface area contributed by atoms with Crippen LogP contribution in [0.25, 0.3) is 11.3 Å². The molecule has 0 radical (unpaired) electrons. The lowest BCUT2D eigenvalue weighted by Gasteiger charge is -2.23. The number of nitrogens with zero attached hydrogens (tertiary/aromatic N) is 1. The smallest absolute Gasteiger partial charge is 0.354 e. The first-order chi connectivity index (χ1) is 15.0. The second kappa shape index (κ2) is 9.47. The number of halogens is 1. The molecule has 3 aromatic rings. The summed E-state index contributed by atoms with van der Waals surface area (Å²) in [6, 6.07) is 12.6. The molecule has 0 fully saturated rings. The minimum Gasteiger partial charge on any atom is -0.461 e. The van der Waals surface area contributed by atoms with Crippen LogP contribution in [-0.2, 0) is 11.2 Å². The molecule has 31 heavy (non-hydrogen) atoms. The van der Waals surface area contributed by atoms with Gasteiger partial charge in [-0.3, -0.25) is 4.79 Å². The first kappa shape index (κ1) is 22.1. The van der Waals surface area contributed by atoms with Gasteiger partial charge < -0.3 is 20.4 Å². The lowest BCUT2D eigenvalue weighted by Crippen LogP contribution is -2.32. The van der Waals surface area contributed by atoms with E-state index in [-0.39, 0.29) is 12.5 Å². The molecule has 162 valence electrons. The van der Waals surface area contributed by atoms with Crippen molar-refractivity contribution in [2.24, 2.45) is 0 Å². The van der Waals surface area contributed by atoms with Gasteiger partial charge in [-0.15, -0.1) is 0 Å². The van der Waals surface area contributed by atoms with Crippen molar-refractivity contribution >= 4 is 23.3 Å². The van der Waals surface area contributed by atoms with Crippen molar-refractivity contribution < 1.29 is 18.7 Å². The maximum Gasteiger partial charge on any atom is 0.354 e. The van der Waals surface area contributed by atoms with Gasteiger partial charge in [0.2, 0.25) is 0 Å². The number of nitrogens with two attached hydrogens (primary N) is 1. The molecule has 0 unspecified atom stereocenters. The lowest BCUT2D eigenvalue weighted by atomic mass is 10.1. The number of hydrogen-bond donors (Lipinski definition) is 2. The Morgan fingerprint density at radius 2 is 1.84 bits per heavy atom. The fourth-order valence-electron chi connectivity index (χ4n) is 3.54. The van der Waals surface area contributed by atoms with Gasteiger partial charge in [0.25, 0.3) is 5.91 Å². The van der Waals surface area contributed by atoms with Crippen molar-refractivity contribution in [3.05, 3.63) is 71.2 Å². The number of carbonyl (C=O) groups is 2. The second-order valence-electron chi connectivity index (χ2n) is 6.79. The fourth-order valence-corrected chi connectivity index (χ4v) is 3.54. The van der Waals surface area contributed by atoms with Crippen LogP contribution in [0.1, 0.15) is 47.2 Å². The van der Waals surface area contributed by atoms with Crippen LogP contribution in [0.4, 0.5) is 15.8 Å². The maximum atomic E-state index is 14.1. The Morgan fingerprint density at radius 3 is 2.52 bits per heavy atom. The number of benzene rings is 2. The Morgan fingerprint density at radius 1 is 1.13 bits per heavy atom. The Hall–Kier alpha value is -3.61. The summed E-state index contributed by atoms with van der Waals surface area (Å²) in [5, 5.41) is 0. The van der Waals surface area contributed by atoms with Crippen LogP contribution >= 0.6 is 0 Å². The molecular formula is C24H26FN3O3. The molecule has 2 heterocycles. The first-order valence-electron chi connectivity index (χ1n) is 10.3. The molecule has 1 aliphatic heterocycles. The molecule has 3 N–H and O–H groups in total. The summed E-state index contributed by atoms with van der Waals surface area (Å²) in [5.74, 6) is -1.13. The number of rotatable bonds is 3. The van der Waals surface area contributed by atoms with Gasteiger partial charge in [-0.25, -0.2) is 9.18 Å². The largest absolute Gasteiger partial charge is 0.461 e. The molecule has 0 spiro atoms. The minimum absolute atomic E-state index is 0.243. The highest BCUT2D eigenvalue weighted by Gasteiger charge is 2.28. The van der Waals surface area contributed by atoms with E-state index in [9.17, 15) is 14.0 Å². The quantitative estimate of drug-likeness (QED) is 0.467. The number of amides is 1. The number of ether oxygens (including phenoxy) is 1. The fraction of sp³-hybridized carbons (Fsp3) is 0.250. The van der Waals surface area contributed by atoms with Crippen LogP contribution in [0, 0.1) is 5.82 Å². The van der Waals surface area contributed by atoms with E-state index in [2.05, 4.69) is 4.98 Å². The van der Waals surface area contributed by atoms with Crippen molar-refractivity contribution in [2.45, 2.75) is 27.2 Å². The van der Waals surface area contributed by atoms with Gasteiger partial charge in [-0.05, 0) is 67.4 Å². The number of nitrogen functional groups attached to an aromatic ring is 1. The van der Waals surface area contributed by atoms with E-state index in [1.165, 1.54) is 12.1 Å². The molecule has 0 aliphatic carbocycles. The summed E-state index contributed by atoms with van der Waals surface area (Å²) < 4.78 is 19.2. The monoisotopic (exact) mass is 423 g/mol. The third-order valence-corrected chi connectivity index (χ3v) is 4.92. The summed E-state index contributed by atoms with van der Waals surface area (Å²) >= 11 is 0. The topological polar surface area (TPSA) is 88.4 Å². The molecule has 4 rings (SSSR count). The normalized spacial score (nSPS) is 12.1. The summed E-state index contributed by atoms with van der Waals surface area (Å²) in [5.41, 5.74) is 9.74. The van der Waals surface area contributed by atoms with Crippen molar-refractivity contribution in [2.75, 3.05) is 23.8 Å². The molecule has 7 heteroatoms. The number of H-pyrrole nitrogens is 1. The molecule has 6 nitrogen and oxygen atoms in total. The molecule has 0 atom stereocenters. The van der Waals surface area contributed by atoms with Gasteiger partial charge in [0.05, 0.1) is 18.0 Å². The number of carbonyl (C=O) groups excluding carboxylic acids is 2. The van der Waals surface area contributed by atoms with Gasteiger partial charge in [0.15, 0.2) is 0 Å². The molecule has 2 aromatic carbocycles. The highest BCUT2D eigenvalue weighted by atomic mass is 19.1. The van der Waals surface area contributed by atoms with Crippen LogP contribution < -0.4 is 10.6 Å². The number of aromatic amines is 1. The Labute approximate surface area is 180 Å².